The molecule has 25 heavy (non-hydrogen) atoms. The lowest BCUT2D eigenvalue weighted by Gasteiger charge is -2.07. The number of amides is 1. The molecule has 0 saturated carbocycles. The number of hydrogen-bond donors (Lipinski definition) is 2. The number of hydrogen-bond acceptors (Lipinski definition) is 4. The first-order chi connectivity index (χ1) is 12.1. The Hall–Kier alpha value is -3.32. The topological polar surface area (TPSA) is 84.2 Å². The molecule has 0 radical (unpaired) electrons. The minimum atomic E-state index is -0.616. The third-order valence-corrected chi connectivity index (χ3v) is 3.66. The van der Waals surface area contributed by atoms with Crippen molar-refractivity contribution in [2.75, 3.05) is 0 Å². The van der Waals surface area contributed by atoms with Crippen molar-refractivity contribution in [2.45, 2.75) is 6.54 Å². The fourth-order valence-electron chi connectivity index (χ4n) is 2.38. The van der Waals surface area contributed by atoms with E-state index in [1.165, 1.54) is 40.6 Å². The predicted octanol–water partition coefficient (Wildman–Crippen LogP) is 2.10. The van der Waals surface area contributed by atoms with Gasteiger partial charge in [0, 0.05) is 12.1 Å². The zero-order valence-corrected chi connectivity index (χ0v) is 13.0. The number of halogens is 1. The van der Waals surface area contributed by atoms with E-state index in [9.17, 15) is 14.0 Å². The number of carbonyl (C=O) groups excluding carboxylic acids is 1. The summed E-state index contributed by atoms with van der Waals surface area (Å²) < 4.78 is 14.6. The van der Waals surface area contributed by atoms with Gasteiger partial charge in [0.05, 0.1) is 23.8 Å². The van der Waals surface area contributed by atoms with E-state index in [1.807, 2.05) is 12.1 Å². The lowest BCUT2D eigenvalue weighted by Crippen LogP contribution is -2.21. The normalized spacial score (nSPS) is 11.1. The molecule has 0 aliphatic heterocycles. The van der Waals surface area contributed by atoms with E-state index in [-0.39, 0.29) is 5.56 Å². The first-order valence-corrected chi connectivity index (χ1v) is 7.42. The molecule has 0 bridgehead atoms. The molecule has 0 unspecified atom stereocenters. The largest absolute Gasteiger partial charge is 0.294 e. The Morgan fingerprint density at radius 3 is 2.72 bits per heavy atom. The summed E-state index contributed by atoms with van der Waals surface area (Å²) in [7, 11) is 0. The van der Waals surface area contributed by atoms with Crippen molar-refractivity contribution in [2.24, 2.45) is 0 Å². The number of benzene rings is 2. The van der Waals surface area contributed by atoms with Crippen LogP contribution in [-0.4, -0.2) is 20.7 Å². The van der Waals surface area contributed by atoms with Gasteiger partial charge in [0.15, 0.2) is 0 Å². The minimum Gasteiger partial charge on any atom is -0.294 e. The van der Waals surface area contributed by atoms with E-state index < -0.39 is 11.7 Å². The smallest absolute Gasteiger partial charge is 0.267 e. The summed E-state index contributed by atoms with van der Waals surface area (Å²) >= 11 is 0. The van der Waals surface area contributed by atoms with Crippen molar-refractivity contribution in [3.8, 4) is 0 Å². The summed E-state index contributed by atoms with van der Waals surface area (Å²) in [6.07, 6.45) is 4.14. The number of aromatic nitrogens is 2. The Labute approximate surface area is 141 Å². The maximum absolute atomic E-state index is 13.2. The van der Waals surface area contributed by atoms with Gasteiger partial charge in [-0.25, -0.2) is 14.9 Å². The Balaban J connectivity index is 1.83. The van der Waals surface area contributed by atoms with Crippen LogP contribution < -0.4 is 11.0 Å². The monoisotopic (exact) mass is 339 g/mol. The molecule has 0 aliphatic carbocycles. The highest BCUT2D eigenvalue weighted by atomic mass is 19.1. The number of rotatable bonds is 4. The highest BCUT2D eigenvalue weighted by molar-refractivity contribution is 5.90. The molecule has 0 spiro atoms. The lowest BCUT2D eigenvalue weighted by molar-refractivity contribution is -0.124. The van der Waals surface area contributed by atoms with Crippen LogP contribution in [0.1, 0.15) is 11.1 Å². The maximum atomic E-state index is 13.2. The van der Waals surface area contributed by atoms with Gasteiger partial charge in [-0.15, -0.1) is 0 Å². The van der Waals surface area contributed by atoms with Crippen molar-refractivity contribution in [1.29, 1.82) is 0 Å². The van der Waals surface area contributed by atoms with E-state index >= 15 is 0 Å². The van der Waals surface area contributed by atoms with Crippen LogP contribution in [0.25, 0.3) is 17.0 Å². The highest BCUT2D eigenvalue weighted by Gasteiger charge is 2.06. The Bertz CT molecular complexity index is 1010. The molecule has 126 valence electrons. The van der Waals surface area contributed by atoms with Crippen LogP contribution in [0, 0.1) is 5.82 Å². The van der Waals surface area contributed by atoms with Crippen molar-refractivity contribution < 1.29 is 14.4 Å². The van der Waals surface area contributed by atoms with Gasteiger partial charge in [0.2, 0.25) is 0 Å². The number of nitrogens with one attached hydrogen (secondary N) is 1. The predicted molar refractivity (Wildman–Crippen MR) is 90.5 cm³/mol. The minimum absolute atomic E-state index is 0.242. The molecule has 2 N–H and O–H groups in total. The molecule has 1 heterocycles. The lowest BCUT2D eigenvalue weighted by atomic mass is 10.1. The average molecular weight is 339 g/mol. The van der Waals surface area contributed by atoms with Crippen LogP contribution in [0.3, 0.4) is 0 Å². The van der Waals surface area contributed by atoms with Crippen LogP contribution in [-0.2, 0) is 11.3 Å². The second-order valence-electron chi connectivity index (χ2n) is 5.39. The van der Waals surface area contributed by atoms with Crippen molar-refractivity contribution >= 4 is 22.9 Å². The molecular formula is C18H14FN3O3. The van der Waals surface area contributed by atoms with Crippen LogP contribution in [0.15, 0.2) is 59.7 Å². The molecule has 1 aromatic heterocycles. The van der Waals surface area contributed by atoms with Gasteiger partial charge in [0.25, 0.3) is 11.5 Å². The zero-order chi connectivity index (χ0) is 17.8. The van der Waals surface area contributed by atoms with Gasteiger partial charge in [-0.2, -0.15) is 0 Å². The maximum Gasteiger partial charge on any atom is 0.267 e. The first kappa shape index (κ1) is 16.5. The number of hydroxylamine groups is 1. The molecule has 3 rings (SSSR count). The van der Waals surface area contributed by atoms with E-state index in [4.69, 9.17) is 5.21 Å². The van der Waals surface area contributed by atoms with Crippen molar-refractivity contribution in [3.05, 3.63) is 82.2 Å². The molecule has 2 aromatic carbocycles. The summed E-state index contributed by atoms with van der Waals surface area (Å²) in [6, 6.07) is 11.1. The summed E-state index contributed by atoms with van der Waals surface area (Å²) in [5.41, 5.74) is 3.23. The fraction of sp³-hybridized carbons (Fsp3) is 0.0556. The summed E-state index contributed by atoms with van der Waals surface area (Å²) in [5.74, 6) is -1.05. The molecule has 0 atom stereocenters. The second-order valence-corrected chi connectivity index (χ2v) is 5.39. The van der Waals surface area contributed by atoms with Crippen molar-refractivity contribution in [3.63, 3.8) is 0 Å². The van der Waals surface area contributed by atoms with E-state index in [1.54, 1.807) is 18.2 Å². The highest BCUT2D eigenvalue weighted by Crippen LogP contribution is 2.10. The fourth-order valence-corrected chi connectivity index (χ4v) is 2.38. The van der Waals surface area contributed by atoms with Crippen LogP contribution in [0.4, 0.5) is 4.39 Å². The summed E-state index contributed by atoms with van der Waals surface area (Å²) in [4.78, 5) is 27.5. The molecule has 6 nitrogen and oxygen atoms in total. The molecular weight excluding hydrogens is 325 g/mol. The number of nitrogens with zero attached hydrogens (tertiary/aromatic N) is 2. The van der Waals surface area contributed by atoms with E-state index in [2.05, 4.69) is 4.98 Å². The zero-order valence-electron chi connectivity index (χ0n) is 13.0. The van der Waals surface area contributed by atoms with E-state index in [0.29, 0.717) is 17.4 Å². The quantitative estimate of drug-likeness (QED) is 0.433. The molecule has 1 amide bonds. The standard InChI is InChI=1S/C18H14FN3O3/c19-14-6-7-15-16(9-14)20-11-22(18(15)24)10-13-3-1-12(2-4-13)5-8-17(23)21-25/h1-9,11,25H,10H2,(H,21,23)/b8-5+. The second kappa shape index (κ2) is 7.06. The molecule has 0 saturated heterocycles. The van der Waals surface area contributed by atoms with E-state index in [0.717, 1.165) is 11.1 Å². The molecule has 0 aliphatic rings. The number of fused-ring (bicyclic) bond motifs is 1. The Morgan fingerprint density at radius 2 is 2.00 bits per heavy atom. The third-order valence-electron chi connectivity index (χ3n) is 3.66. The molecule has 0 fully saturated rings. The Kier molecular flexibility index (Phi) is 4.67. The van der Waals surface area contributed by atoms with Crippen LogP contribution in [0.2, 0.25) is 0 Å². The van der Waals surface area contributed by atoms with Crippen LogP contribution >= 0.6 is 0 Å². The first-order valence-electron chi connectivity index (χ1n) is 7.42. The van der Waals surface area contributed by atoms with Gasteiger partial charge in [-0.1, -0.05) is 24.3 Å². The van der Waals surface area contributed by atoms with Gasteiger partial charge in [0.1, 0.15) is 5.82 Å². The van der Waals surface area contributed by atoms with Gasteiger partial charge >= 0.3 is 0 Å². The van der Waals surface area contributed by atoms with Crippen molar-refractivity contribution in [1.82, 2.24) is 15.0 Å². The number of carbonyl (C=O) groups is 1. The molecule has 7 heteroatoms. The van der Waals surface area contributed by atoms with Gasteiger partial charge in [-0.3, -0.25) is 19.4 Å². The van der Waals surface area contributed by atoms with Gasteiger partial charge in [-0.05, 0) is 29.3 Å². The van der Waals surface area contributed by atoms with Gasteiger partial charge < -0.3 is 0 Å². The summed E-state index contributed by atoms with van der Waals surface area (Å²) in [6.45, 7) is 0.320. The van der Waals surface area contributed by atoms with Crippen LogP contribution in [0.5, 0.6) is 0 Å². The summed E-state index contributed by atoms with van der Waals surface area (Å²) in [5, 5.41) is 8.79. The SMILES string of the molecule is O=C(/C=C/c1ccc(Cn2cnc3cc(F)ccc3c2=O)cc1)NO. The average Bonchev–Trinajstić information content (AvgIpc) is 2.63. The molecule has 3 aromatic rings. The Morgan fingerprint density at radius 1 is 1.24 bits per heavy atom. The third kappa shape index (κ3) is 3.78.